The number of hydrazine groups is 2. The Bertz CT molecular complexity index is 2530. The number of nitrogens with one attached hydrogen (secondary N) is 3. The van der Waals surface area contributed by atoms with Crippen molar-refractivity contribution in [1.82, 2.24) is 5.43 Å². The van der Waals surface area contributed by atoms with E-state index in [1.165, 1.54) is 39.9 Å². The fraction of sp³-hybridized carbons (Fsp3) is 0.212. The number of carbonyl (C=O) groups is 1. The Morgan fingerprint density at radius 2 is 0.817 bits per heavy atom. The zero-order valence-electron chi connectivity index (χ0n) is 40.9. The molecule has 0 aliphatic heterocycles. The summed E-state index contributed by atoms with van der Waals surface area (Å²) in [5, 5.41) is 19.6. The predicted octanol–water partition coefficient (Wildman–Crippen LogP) is 21.6. The molecule has 19 heteroatoms. The first kappa shape index (κ1) is 79.9. The molecule has 0 radical (unpaired) electrons. The topological polar surface area (TPSA) is 148 Å². The monoisotopic (exact) mass is 1940 g/mol. The Hall–Kier alpha value is 0.0388. The fourth-order valence-electron chi connectivity index (χ4n) is 5.20. The predicted molar refractivity (Wildman–Crippen MR) is 382 cm³/mol. The van der Waals surface area contributed by atoms with Gasteiger partial charge in [0.2, 0.25) is 5.91 Å². The number of fused-ring (bicyclic) bond motifs is 4. The van der Waals surface area contributed by atoms with Crippen LogP contribution >= 0.6 is 160 Å². The SMILES string of the molecule is C.CC.CC.CC.CC.CC(=O)NNc1ccc2ccccc2c1.CI.II.NNc1ccc2ccccc2c1.Nc1ccc2ccccc2c1.O=[N+]([O-])c1ccc2ccccc2c1.[I][V]([I])[I].[I][V][I]. The molecule has 0 saturated carbocycles. The van der Waals surface area contributed by atoms with Gasteiger partial charge in [-0.15, -0.1) is 0 Å². The zero-order valence-corrected chi connectivity index (χ0v) is 61.0. The van der Waals surface area contributed by atoms with Crippen molar-refractivity contribution in [3.63, 3.8) is 0 Å². The van der Waals surface area contributed by atoms with E-state index in [1.807, 2.05) is 182 Å². The molecule has 0 saturated heterocycles. The molecule has 0 aliphatic carbocycles. The van der Waals surface area contributed by atoms with Crippen LogP contribution in [0.3, 0.4) is 0 Å². The van der Waals surface area contributed by atoms with Crippen LogP contribution in [0, 0.1) is 10.1 Å². The van der Waals surface area contributed by atoms with Crippen LogP contribution in [0.25, 0.3) is 43.1 Å². The summed E-state index contributed by atoms with van der Waals surface area (Å²) in [7, 11) is 0.628. The van der Waals surface area contributed by atoms with Crippen molar-refractivity contribution in [1.29, 1.82) is 0 Å². The van der Waals surface area contributed by atoms with E-state index in [9.17, 15) is 14.9 Å². The van der Waals surface area contributed by atoms with E-state index >= 15 is 0 Å². The van der Waals surface area contributed by atoms with Gasteiger partial charge < -0.3 is 11.2 Å². The molecule has 9 nitrogen and oxygen atoms in total. The fourth-order valence-corrected chi connectivity index (χ4v) is 5.20. The summed E-state index contributed by atoms with van der Waals surface area (Å²) in [5.74, 6) is 5.18. The van der Waals surface area contributed by atoms with Crippen LogP contribution in [-0.4, -0.2) is 15.8 Å². The number of nitro benzene ring substituents is 1. The summed E-state index contributed by atoms with van der Waals surface area (Å²) in [6, 6.07) is 54.8. The first-order valence-electron chi connectivity index (χ1n) is 21.5. The molecule has 8 rings (SSSR count). The number of halogens is 8. The van der Waals surface area contributed by atoms with Crippen LogP contribution in [0.4, 0.5) is 22.7 Å². The number of amides is 1. The molecule has 0 aliphatic rings. The van der Waals surface area contributed by atoms with E-state index in [0.717, 1.165) is 33.2 Å². The van der Waals surface area contributed by atoms with Crippen molar-refractivity contribution in [3.8, 4) is 0 Å². The van der Waals surface area contributed by atoms with Gasteiger partial charge in [-0.1, -0.05) is 201 Å². The van der Waals surface area contributed by atoms with Crippen LogP contribution < -0.4 is 27.9 Å². The molecule has 0 fully saturated rings. The van der Waals surface area contributed by atoms with Gasteiger partial charge in [0.25, 0.3) is 5.69 Å². The van der Waals surface area contributed by atoms with Gasteiger partial charge in [0.15, 0.2) is 0 Å². The molecule has 0 unspecified atom stereocenters. The maximum absolute atomic E-state index is 10.7. The number of non-ortho nitro benzene ring substituents is 1. The first-order valence-corrected chi connectivity index (χ1v) is 52.5. The molecule has 0 heterocycles. The summed E-state index contributed by atoms with van der Waals surface area (Å²) >= 11 is 18.5. The number of nitrogens with zero attached hydrogens (tertiary/aromatic N) is 1. The first-order chi connectivity index (χ1) is 33.9. The number of hydrogen-bond acceptors (Lipinski definition) is 7. The van der Waals surface area contributed by atoms with Gasteiger partial charge in [0.1, 0.15) is 0 Å². The van der Waals surface area contributed by atoms with Crippen molar-refractivity contribution in [2.75, 3.05) is 21.5 Å². The van der Waals surface area contributed by atoms with E-state index in [1.54, 1.807) is 12.1 Å². The number of carbonyl (C=O) groups excluding carboxylic acids is 1. The van der Waals surface area contributed by atoms with E-state index in [0.29, 0.717) is 9.47 Å². The number of hydrogen-bond donors (Lipinski definition) is 5. The molecule has 8 aromatic carbocycles. The molecule has 8 aromatic rings. The minimum atomic E-state index is -0.382. The van der Waals surface area contributed by atoms with Crippen molar-refractivity contribution < 1.29 is 24.1 Å². The third-order valence-electron chi connectivity index (χ3n) is 7.77. The number of nitro groups is 1. The minimum absolute atomic E-state index is 0. The molecule has 71 heavy (non-hydrogen) atoms. The van der Waals surface area contributed by atoms with Crippen molar-refractivity contribution in [3.05, 3.63) is 180 Å². The third-order valence-corrected chi connectivity index (χ3v) is 7.77. The Morgan fingerprint density at radius 1 is 0.535 bits per heavy atom. The molecule has 0 spiro atoms. The summed E-state index contributed by atoms with van der Waals surface area (Å²) < 4.78 is 0. The molecule has 0 atom stereocenters. The Labute approximate surface area is 529 Å². The summed E-state index contributed by atoms with van der Waals surface area (Å²) in [5.41, 5.74) is 16.4. The number of alkyl halides is 1. The van der Waals surface area contributed by atoms with Gasteiger partial charge in [-0.3, -0.25) is 31.6 Å². The van der Waals surface area contributed by atoms with Crippen LogP contribution in [0.2, 0.25) is 0 Å². The molecule has 7 N–H and O–H groups in total. The molecule has 391 valence electrons. The second kappa shape index (κ2) is 56.2. The van der Waals surface area contributed by atoms with Gasteiger partial charge in [0, 0.05) is 67.7 Å². The van der Waals surface area contributed by atoms with Crippen LogP contribution in [0.5, 0.6) is 0 Å². The van der Waals surface area contributed by atoms with Crippen molar-refractivity contribution in [2.24, 2.45) is 5.84 Å². The average Bonchev–Trinajstić information content (AvgIpc) is 3.41. The van der Waals surface area contributed by atoms with Gasteiger partial charge in [-0.05, 0) is 90.5 Å². The molecular weight excluding hydrogens is 1870 g/mol. The summed E-state index contributed by atoms with van der Waals surface area (Å²) in [6.45, 7) is 17.5. The zero-order chi connectivity index (χ0) is 54.3. The standard InChI is InChI=1S/C12H12N2O.C10H10N2.C10H7NO2.C10H9N.4C2H6.CH3I.CH4.I2.5HI.2V/c1-9(15)13-14-12-7-6-10-4-2-3-5-11(10)8-12;11-12-10-6-5-8-3-1-2-4-9(8)7-10;12-11(13)10-6-5-8-3-1-2-4-9(8)7-10;11-10-6-5-8-3-1-2-4-9(8)7-10;5*1-2;;1-2;;;;;;;/h2-8,14H,1H3,(H,13,15);1-7,12H,11H2;1-7H;1-7H,11H2;4*1-2H3;1H3;1H4;;5*1H;;/q;;;;;;;;;;;;;;;;+2;+3/p-5. The van der Waals surface area contributed by atoms with E-state index in [-0.39, 0.29) is 28.9 Å². The van der Waals surface area contributed by atoms with Gasteiger partial charge in [-0.2, -0.15) is 0 Å². The van der Waals surface area contributed by atoms with Gasteiger partial charge in [-0.25, -0.2) is 0 Å². The number of rotatable bonds is 4. The van der Waals surface area contributed by atoms with Crippen molar-refractivity contribution >= 4 is 231 Å². The molecular formula is C52H69I8N6O3V2. The molecule has 1 amide bonds. The van der Waals surface area contributed by atoms with Gasteiger partial charge >= 0.3 is 114 Å². The number of nitrogens with two attached hydrogens (primary N) is 2. The number of anilines is 3. The Kier molecular flexibility index (Phi) is 63.3. The number of nitrogen functional groups attached to an aromatic ring is 2. The molecule has 0 bridgehead atoms. The van der Waals surface area contributed by atoms with Crippen LogP contribution in [0.1, 0.15) is 69.7 Å². The summed E-state index contributed by atoms with van der Waals surface area (Å²) in [6.07, 6.45) is 0. The second-order valence-corrected chi connectivity index (χ2v) is 58.9. The Balaban J connectivity index is -0.000000244. The van der Waals surface area contributed by atoms with Crippen molar-refractivity contribution in [2.45, 2.75) is 69.7 Å². The average molecular weight is 1940 g/mol. The normalized spacial score (nSPS) is 8.45. The second-order valence-electron chi connectivity index (χ2n) is 11.7. The van der Waals surface area contributed by atoms with Gasteiger partial charge in [0.05, 0.1) is 10.6 Å². The van der Waals surface area contributed by atoms with Crippen LogP contribution in [-0.2, 0) is 19.2 Å². The van der Waals surface area contributed by atoms with E-state index < -0.39 is 0 Å². The third kappa shape index (κ3) is 39.1. The van der Waals surface area contributed by atoms with Crippen LogP contribution in [0.15, 0.2) is 170 Å². The van der Waals surface area contributed by atoms with E-state index in [2.05, 4.69) is 206 Å². The maximum atomic E-state index is 10.7. The summed E-state index contributed by atoms with van der Waals surface area (Å²) in [4.78, 5) is 22.5. The Morgan fingerprint density at radius 3 is 1.15 bits per heavy atom. The van der Waals surface area contributed by atoms with E-state index in [4.69, 9.17) is 11.6 Å². The number of benzene rings is 8. The quantitative estimate of drug-likeness (QED) is 0.0294. The molecule has 0 aromatic heterocycles.